The van der Waals surface area contributed by atoms with Crippen LogP contribution in [0.2, 0.25) is 0 Å². The normalized spacial score (nSPS) is 12.5. The van der Waals surface area contributed by atoms with Crippen LogP contribution in [0.15, 0.2) is 60.7 Å². The lowest BCUT2D eigenvalue weighted by Crippen LogP contribution is -2.23. The molecule has 0 radical (unpaired) electrons. The Bertz CT molecular complexity index is 1220. The van der Waals surface area contributed by atoms with Gasteiger partial charge in [0.15, 0.2) is 14.3 Å². The van der Waals surface area contributed by atoms with Crippen molar-refractivity contribution >= 4 is 81.8 Å². The second-order valence-corrected chi connectivity index (χ2v) is 11.9. The highest BCUT2D eigenvalue weighted by molar-refractivity contribution is 14.1. The highest BCUT2D eigenvalue weighted by Gasteiger charge is 2.27. The molecule has 28 heavy (non-hydrogen) atoms. The Morgan fingerprint density at radius 3 is 2.32 bits per heavy atom. The van der Waals surface area contributed by atoms with Crippen LogP contribution in [0.5, 0.6) is 0 Å². The van der Waals surface area contributed by atoms with Crippen molar-refractivity contribution in [2.75, 3.05) is 0 Å². The third kappa shape index (κ3) is 3.80. The number of carbonyl (C=O) groups excluding carboxylic acids is 1. The maximum Gasteiger partial charge on any atom is 0.338 e. The number of carbonyl (C=O) groups is 1. The molecule has 5 heteroatoms. The lowest BCUT2D eigenvalue weighted by atomic mass is 10.1. The van der Waals surface area contributed by atoms with Crippen LogP contribution in [0.4, 0.5) is 0 Å². The first-order chi connectivity index (χ1) is 13.2. The van der Waals surface area contributed by atoms with Crippen molar-refractivity contribution in [3.8, 4) is 4.90 Å². The smallest absolute Gasteiger partial charge is 0.338 e. The number of halogens is 2. The Hall–Kier alpha value is -1.19. The first-order valence-electron chi connectivity index (χ1n) is 8.91. The van der Waals surface area contributed by atoms with Crippen molar-refractivity contribution in [1.29, 1.82) is 0 Å². The largest absolute Gasteiger partial charge is 0.456 e. The second-order valence-electron chi connectivity index (χ2n) is 7.59. The van der Waals surface area contributed by atoms with Crippen LogP contribution in [0, 0.1) is 7.14 Å². The van der Waals surface area contributed by atoms with Gasteiger partial charge in [-0.1, -0.05) is 12.1 Å². The van der Waals surface area contributed by atoms with E-state index < -0.39 is 5.60 Å². The zero-order valence-corrected chi connectivity index (χ0v) is 20.9. The van der Waals surface area contributed by atoms with E-state index >= 15 is 0 Å². The lowest BCUT2D eigenvalue weighted by Gasteiger charge is -2.19. The number of fused-ring (bicyclic) bond motifs is 3. The van der Waals surface area contributed by atoms with Crippen LogP contribution < -0.4 is 0 Å². The molecule has 0 aliphatic rings. The van der Waals surface area contributed by atoms with Crippen molar-refractivity contribution in [3.63, 3.8) is 0 Å². The summed E-state index contributed by atoms with van der Waals surface area (Å²) in [6.07, 6.45) is 0. The number of hydrogen-bond donors (Lipinski definition) is 0. The number of benzene rings is 3. The molecular formula is C23H19I2O2S+. The monoisotopic (exact) mass is 613 g/mol. The summed E-state index contributed by atoms with van der Waals surface area (Å²) in [6.45, 7) is 5.68. The Kier molecular flexibility index (Phi) is 5.43. The molecule has 2 nitrogen and oxygen atoms in total. The minimum Gasteiger partial charge on any atom is -0.456 e. The zero-order chi connectivity index (χ0) is 20.1. The summed E-state index contributed by atoms with van der Waals surface area (Å²) >= 11 is 4.79. The molecule has 0 aliphatic heterocycles. The van der Waals surface area contributed by atoms with Gasteiger partial charge in [0, 0.05) is 30.9 Å². The predicted octanol–water partition coefficient (Wildman–Crippen LogP) is 7.90. The summed E-state index contributed by atoms with van der Waals surface area (Å²) in [7, 11) is -0.164. The first kappa shape index (κ1) is 20.1. The molecular weight excluding hydrogens is 594 g/mol. The summed E-state index contributed by atoms with van der Waals surface area (Å²) in [5.74, 6) is -0.275. The van der Waals surface area contributed by atoms with E-state index in [1.54, 1.807) is 0 Å². The van der Waals surface area contributed by atoms with Gasteiger partial charge < -0.3 is 4.74 Å². The fourth-order valence-electron chi connectivity index (χ4n) is 3.25. The summed E-state index contributed by atoms with van der Waals surface area (Å²) in [5.41, 5.74) is 0.0986. The molecule has 0 aliphatic carbocycles. The summed E-state index contributed by atoms with van der Waals surface area (Å²) in [5, 5.41) is 2.34. The molecule has 4 aromatic rings. The minimum atomic E-state index is -0.504. The van der Waals surface area contributed by atoms with Crippen molar-refractivity contribution in [2.24, 2.45) is 0 Å². The molecule has 0 saturated heterocycles. The van der Waals surface area contributed by atoms with Gasteiger partial charge in [-0.3, -0.25) is 0 Å². The molecule has 142 valence electrons. The SMILES string of the molecule is CC(C)(C)OC(=O)c1ccc2c(c1)c1ccccc1[s+]2-c1ccc(I)cc1I. The Morgan fingerprint density at radius 2 is 1.61 bits per heavy atom. The topological polar surface area (TPSA) is 26.3 Å². The van der Waals surface area contributed by atoms with Gasteiger partial charge in [0.2, 0.25) is 0 Å². The average Bonchev–Trinajstić information content (AvgIpc) is 2.94. The van der Waals surface area contributed by atoms with Gasteiger partial charge >= 0.3 is 5.97 Å². The quantitative estimate of drug-likeness (QED) is 0.131. The third-order valence-electron chi connectivity index (χ3n) is 4.35. The van der Waals surface area contributed by atoms with Crippen LogP contribution in [0.25, 0.3) is 25.1 Å². The lowest BCUT2D eigenvalue weighted by molar-refractivity contribution is 0.00697. The molecule has 1 unspecified atom stereocenters. The first-order valence-corrected chi connectivity index (χ1v) is 12.3. The average molecular weight is 613 g/mol. The van der Waals surface area contributed by atoms with Crippen molar-refractivity contribution in [2.45, 2.75) is 26.4 Å². The molecule has 1 atom stereocenters. The van der Waals surface area contributed by atoms with Gasteiger partial charge in [-0.05, 0) is 108 Å². The van der Waals surface area contributed by atoms with E-state index in [0.29, 0.717) is 5.56 Å². The van der Waals surface area contributed by atoms with Crippen LogP contribution >= 0.6 is 55.7 Å². The van der Waals surface area contributed by atoms with E-state index in [0.717, 1.165) is 5.39 Å². The number of hydrogen-bond acceptors (Lipinski definition) is 2. The standard InChI is InChI=1S/C23H19I2O2S/c1-23(2,3)27-22(26)14-8-10-20-17(12-14)16-6-4-5-7-19(16)28(20)21-11-9-15(24)13-18(21)25/h4-13H,1-3H3/q+1. The number of ether oxygens (including phenoxy) is 1. The Labute approximate surface area is 194 Å². The van der Waals surface area contributed by atoms with Crippen molar-refractivity contribution < 1.29 is 9.53 Å². The molecule has 1 heterocycles. The van der Waals surface area contributed by atoms with Gasteiger partial charge in [0.25, 0.3) is 0 Å². The molecule has 3 aromatic carbocycles. The molecule has 0 amide bonds. The molecule has 0 fully saturated rings. The van der Waals surface area contributed by atoms with Gasteiger partial charge in [0.1, 0.15) is 5.60 Å². The third-order valence-corrected chi connectivity index (χ3v) is 8.66. The molecule has 1 aromatic heterocycles. The molecule has 4 rings (SSSR count). The molecule has 0 bridgehead atoms. The maximum atomic E-state index is 12.6. The van der Waals surface area contributed by atoms with E-state index in [2.05, 4.69) is 93.7 Å². The van der Waals surface area contributed by atoms with Crippen molar-refractivity contribution in [1.82, 2.24) is 0 Å². The number of esters is 1. The second kappa shape index (κ2) is 7.57. The highest BCUT2D eigenvalue weighted by atomic mass is 127. The van der Waals surface area contributed by atoms with Gasteiger partial charge in [-0.15, -0.1) is 0 Å². The van der Waals surface area contributed by atoms with Crippen molar-refractivity contribution in [3.05, 3.63) is 73.4 Å². The highest BCUT2D eigenvalue weighted by Crippen LogP contribution is 2.50. The van der Waals surface area contributed by atoms with E-state index in [9.17, 15) is 4.79 Å². The maximum absolute atomic E-state index is 12.6. The fourth-order valence-corrected chi connectivity index (χ4v) is 7.88. The summed E-state index contributed by atoms with van der Waals surface area (Å²) < 4.78 is 10.7. The van der Waals surface area contributed by atoms with E-state index in [1.165, 1.54) is 26.8 Å². The fraction of sp³-hybridized carbons (Fsp3) is 0.174. The van der Waals surface area contributed by atoms with Gasteiger partial charge in [-0.25, -0.2) is 4.79 Å². The molecule has 0 saturated carbocycles. The molecule has 0 N–H and O–H groups in total. The van der Waals surface area contributed by atoms with Crippen LogP contribution in [-0.4, -0.2) is 11.6 Å². The van der Waals surface area contributed by atoms with E-state index in [4.69, 9.17) is 4.74 Å². The van der Waals surface area contributed by atoms with Gasteiger partial charge in [-0.2, -0.15) is 0 Å². The summed E-state index contributed by atoms with van der Waals surface area (Å²) in [4.78, 5) is 13.9. The van der Waals surface area contributed by atoms with Gasteiger partial charge in [0.05, 0.1) is 9.13 Å². The van der Waals surface area contributed by atoms with Crippen LogP contribution in [0.1, 0.15) is 31.1 Å². The van der Waals surface area contributed by atoms with Crippen LogP contribution in [-0.2, 0) is 4.74 Å². The van der Waals surface area contributed by atoms with E-state index in [-0.39, 0.29) is 16.4 Å². The Balaban J connectivity index is 1.97. The van der Waals surface area contributed by atoms with Crippen LogP contribution in [0.3, 0.4) is 0 Å². The predicted molar refractivity (Wildman–Crippen MR) is 136 cm³/mol. The van der Waals surface area contributed by atoms with E-state index in [1.807, 2.05) is 32.9 Å². The molecule has 0 spiro atoms. The number of thiophene rings is 1. The zero-order valence-electron chi connectivity index (χ0n) is 15.8. The minimum absolute atomic E-state index is 0.164. The number of rotatable bonds is 2. The summed E-state index contributed by atoms with van der Waals surface area (Å²) in [6, 6.07) is 21.1. The Morgan fingerprint density at radius 1 is 0.893 bits per heavy atom.